The van der Waals surface area contributed by atoms with Gasteiger partial charge in [0.1, 0.15) is 18.3 Å². The lowest BCUT2D eigenvalue weighted by atomic mass is 10.1. The zero-order valence-electron chi connectivity index (χ0n) is 18.5. The molecule has 0 spiro atoms. The normalized spacial score (nSPS) is 12.0. The summed E-state index contributed by atoms with van der Waals surface area (Å²) >= 11 is 5.94. The van der Waals surface area contributed by atoms with E-state index in [1.165, 1.54) is 11.9 Å². The number of halogens is 1. The molecule has 0 aliphatic heterocycles. The third-order valence-electron chi connectivity index (χ3n) is 4.79. The van der Waals surface area contributed by atoms with Crippen LogP contribution in [0.15, 0.2) is 48.5 Å². The molecule has 2 rings (SSSR count). The molecule has 32 heavy (non-hydrogen) atoms. The zero-order valence-corrected chi connectivity index (χ0v) is 20.1. The first-order chi connectivity index (χ1) is 15.1. The molecule has 8 nitrogen and oxygen atoms in total. The van der Waals surface area contributed by atoms with E-state index >= 15 is 0 Å². The van der Waals surface area contributed by atoms with Gasteiger partial charge >= 0.3 is 0 Å². The van der Waals surface area contributed by atoms with Gasteiger partial charge in [-0.15, -0.1) is 0 Å². The fraction of sp³-hybridized carbons (Fsp3) is 0.364. The molecule has 10 heteroatoms. The first-order valence-corrected chi connectivity index (χ1v) is 12.3. The second-order valence-electron chi connectivity index (χ2n) is 7.11. The predicted octanol–water partition coefficient (Wildman–Crippen LogP) is 2.67. The van der Waals surface area contributed by atoms with Crippen molar-refractivity contribution in [3.63, 3.8) is 0 Å². The van der Waals surface area contributed by atoms with E-state index in [1.54, 1.807) is 62.4 Å². The van der Waals surface area contributed by atoms with E-state index in [9.17, 15) is 18.0 Å². The fourth-order valence-corrected chi connectivity index (χ4v) is 4.09. The van der Waals surface area contributed by atoms with Gasteiger partial charge in [0.2, 0.25) is 21.8 Å². The minimum absolute atomic E-state index is 0.106. The number of sulfonamides is 1. The van der Waals surface area contributed by atoms with Crippen LogP contribution in [0.5, 0.6) is 5.75 Å². The number of carbonyl (C=O) groups excluding carboxylic acids is 2. The van der Waals surface area contributed by atoms with Crippen LogP contribution in [0.4, 0.5) is 5.69 Å². The summed E-state index contributed by atoms with van der Waals surface area (Å²) in [6, 6.07) is 12.6. The van der Waals surface area contributed by atoms with E-state index < -0.39 is 28.5 Å². The molecule has 2 aromatic carbocycles. The molecule has 2 aromatic rings. The minimum atomic E-state index is -3.83. The summed E-state index contributed by atoms with van der Waals surface area (Å²) in [6.07, 6.45) is 1.02. The Morgan fingerprint density at radius 1 is 1.12 bits per heavy atom. The zero-order chi connectivity index (χ0) is 23.9. The van der Waals surface area contributed by atoms with Gasteiger partial charge in [0, 0.05) is 18.6 Å². The molecule has 0 saturated heterocycles. The second kappa shape index (κ2) is 11.2. The molecule has 0 radical (unpaired) electrons. The minimum Gasteiger partial charge on any atom is -0.492 e. The summed E-state index contributed by atoms with van der Waals surface area (Å²) in [5, 5.41) is 3.07. The van der Waals surface area contributed by atoms with Crippen LogP contribution in [0.1, 0.15) is 19.4 Å². The van der Waals surface area contributed by atoms with Gasteiger partial charge in [-0.3, -0.25) is 13.9 Å². The topological polar surface area (TPSA) is 96.0 Å². The highest BCUT2D eigenvalue weighted by atomic mass is 35.5. The van der Waals surface area contributed by atoms with E-state index in [2.05, 4.69) is 5.32 Å². The molecule has 0 unspecified atom stereocenters. The summed E-state index contributed by atoms with van der Waals surface area (Å²) in [5.74, 6) is -0.558. The van der Waals surface area contributed by atoms with E-state index in [4.69, 9.17) is 16.3 Å². The maximum Gasteiger partial charge on any atom is 0.244 e. The number of nitrogens with zero attached hydrogens (tertiary/aromatic N) is 2. The summed E-state index contributed by atoms with van der Waals surface area (Å²) in [7, 11) is -2.35. The Morgan fingerprint density at radius 3 is 2.31 bits per heavy atom. The molecule has 0 aliphatic carbocycles. The van der Waals surface area contributed by atoms with Crippen LogP contribution in [0.3, 0.4) is 0 Å². The number of hydrogen-bond acceptors (Lipinski definition) is 5. The summed E-state index contributed by atoms with van der Waals surface area (Å²) in [4.78, 5) is 27.0. The number of rotatable bonds is 10. The summed E-state index contributed by atoms with van der Waals surface area (Å²) in [6.45, 7) is 3.32. The van der Waals surface area contributed by atoms with Crippen molar-refractivity contribution >= 4 is 39.1 Å². The number of anilines is 1. The first kappa shape index (κ1) is 25.5. The number of nitrogens with one attached hydrogen (secondary N) is 1. The van der Waals surface area contributed by atoms with Gasteiger partial charge in [-0.2, -0.15) is 0 Å². The number of likely N-dealkylation sites (N-methyl/N-ethyl adjacent to an activating group) is 1. The van der Waals surface area contributed by atoms with E-state index in [1.807, 2.05) is 0 Å². The van der Waals surface area contributed by atoms with E-state index in [0.717, 1.165) is 16.1 Å². The van der Waals surface area contributed by atoms with E-state index in [-0.39, 0.29) is 18.1 Å². The lowest BCUT2D eigenvalue weighted by molar-refractivity contribution is -0.139. The molecule has 0 fully saturated rings. The quantitative estimate of drug-likeness (QED) is 0.562. The van der Waals surface area contributed by atoms with Gasteiger partial charge in [0.25, 0.3) is 0 Å². The van der Waals surface area contributed by atoms with Gasteiger partial charge in [-0.05, 0) is 43.7 Å². The Morgan fingerprint density at radius 2 is 1.75 bits per heavy atom. The third kappa shape index (κ3) is 6.61. The van der Waals surface area contributed by atoms with E-state index in [0.29, 0.717) is 17.4 Å². The van der Waals surface area contributed by atoms with Gasteiger partial charge in [-0.25, -0.2) is 8.42 Å². The average Bonchev–Trinajstić information content (AvgIpc) is 2.76. The summed E-state index contributed by atoms with van der Waals surface area (Å²) < 4.78 is 31.8. The number of benzene rings is 2. The second-order valence-corrected chi connectivity index (χ2v) is 9.45. The molecule has 0 bridgehead atoms. The van der Waals surface area contributed by atoms with Crippen molar-refractivity contribution in [2.75, 3.05) is 30.8 Å². The van der Waals surface area contributed by atoms with Gasteiger partial charge < -0.3 is 15.0 Å². The number of hydrogen-bond donors (Lipinski definition) is 1. The number of amides is 2. The lowest BCUT2D eigenvalue weighted by Gasteiger charge is -2.31. The first-order valence-electron chi connectivity index (χ1n) is 10.0. The highest BCUT2D eigenvalue weighted by Gasteiger charge is 2.30. The molecular formula is C22H28ClN3O5S. The van der Waals surface area contributed by atoms with Crippen LogP contribution in [0.25, 0.3) is 0 Å². The Labute approximate surface area is 194 Å². The highest BCUT2D eigenvalue weighted by molar-refractivity contribution is 7.92. The van der Waals surface area contributed by atoms with Gasteiger partial charge in [-0.1, -0.05) is 35.9 Å². The molecule has 174 valence electrons. The SMILES string of the molecule is CCOc1ccccc1N(CC(=O)N(Cc1ccc(Cl)cc1)[C@H](C)C(=O)NC)S(C)(=O)=O. The van der Waals surface area contributed by atoms with Gasteiger partial charge in [0.15, 0.2) is 0 Å². The molecule has 0 heterocycles. The molecule has 0 saturated carbocycles. The average molecular weight is 482 g/mol. The van der Waals surface area contributed by atoms with Crippen LogP contribution in [-0.4, -0.2) is 57.6 Å². The molecule has 0 aliphatic rings. The van der Waals surface area contributed by atoms with Crippen molar-refractivity contribution in [1.29, 1.82) is 0 Å². The maximum absolute atomic E-state index is 13.3. The largest absolute Gasteiger partial charge is 0.492 e. The van der Waals surface area contributed by atoms with Crippen LogP contribution in [-0.2, 0) is 26.2 Å². The van der Waals surface area contributed by atoms with Crippen molar-refractivity contribution in [3.05, 3.63) is 59.1 Å². The number of ether oxygens (including phenoxy) is 1. The molecule has 2 amide bonds. The van der Waals surface area contributed by atoms with Crippen LogP contribution in [0.2, 0.25) is 5.02 Å². The third-order valence-corrected chi connectivity index (χ3v) is 6.17. The standard InChI is InChI=1S/C22H28ClN3O5S/c1-5-31-20-9-7-6-8-19(20)26(32(4,29)30)15-21(27)25(16(2)22(28)24-3)14-17-10-12-18(23)13-11-17/h6-13,16H,5,14-15H2,1-4H3,(H,24,28)/t16-/m1/s1. The predicted molar refractivity (Wildman–Crippen MR) is 125 cm³/mol. The van der Waals surface area contributed by atoms with Crippen molar-refractivity contribution < 1.29 is 22.7 Å². The fourth-order valence-electron chi connectivity index (χ4n) is 3.11. The molecule has 0 aromatic heterocycles. The van der Waals surface area contributed by atoms with Crippen LogP contribution < -0.4 is 14.4 Å². The Balaban J connectivity index is 2.41. The van der Waals surface area contributed by atoms with Crippen LogP contribution in [0, 0.1) is 0 Å². The van der Waals surface area contributed by atoms with Crippen molar-refractivity contribution in [2.24, 2.45) is 0 Å². The molecule has 1 N–H and O–H groups in total. The Hall–Kier alpha value is -2.78. The van der Waals surface area contributed by atoms with Gasteiger partial charge in [0.05, 0.1) is 18.6 Å². The van der Waals surface area contributed by atoms with Crippen molar-refractivity contribution in [1.82, 2.24) is 10.2 Å². The maximum atomic E-state index is 13.3. The lowest BCUT2D eigenvalue weighted by Crippen LogP contribution is -2.50. The highest BCUT2D eigenvalue weighted by Crippen LogP contribution is 2.30. The Bertz CT molecular complexity index is 1040. The number of para-hydroxylation sites is 2. The Kier molecular flexibility index (Phi) is 8.91. The monoisotopic (exact) mass is 481 g/mol. The van der Waals surface area contributed by atoms with Crippen molar-refractivity contribution in [3.8, 4) is 5.75 Å². The molecule has 1 atom stereocenters. The molecular weight excluding hydrogens is 454 g/mol. The number of carbonyl (C=O) groups is 2. The van der Waals surface area contributed by atoms with Crippen molar-refractivity contribution in [2.45, 2.75) is 26.4 Å². The smallest absolute Gasteiger partial charge is 0.244 e. The van der Waals surface area contributed by atoms with Crippen LogP contribution >= 0.6 is 11.6 Å². The summed E-state index contributed by atoms with van der Waals surface area (Å²) in [5.41, 5.74) is 1.00.